The molecule has 31 heavy (non-hydrogen) atoms. The highest BCUT2D eigenvalue weighted by molar-refractivity contribution is 7.92. The van der Waals surface area contributed by atoms with Crippen LogP contribution in [0.15, 0.2) is 71.8 Å². The molecule has 1 N–H and O–H groups in total. The summed E-state index contributed by atoms with van der Waals surface area (Å²) >= 11 is 0. The number of rotatable bonds is 5. The molecule has 0 saturated heterocycles. The molecule has 0 radical (unpaired) electrons. The van der Waals surface area contributed by atoms with E-state index in [1.165, 1.54) is 24.4 Å². The molecule has 1 heterocycles. The van der Waals surface area contributed by atoms with Crippen molar-refractivity contribution in [3.63, 3.8) is 0 Å². The number of sulfonamides is 1. The summed E-state index contributed by atoms with van der Waals surface area (Å²) in [5, 5.41) is 0. The summed E-state index contributed by atoms with van der Waals surface area (Å²) in [5.74, 6) is 0.321. The molecule has 0 atom stereocenters. The third-order valence-electron chi connectivity index (χ3n) is 4.43. The molecule has 5 nitrogen and oxygen atoms in total. The van der Waals surface area contributed by atoms with Crippen molar-refractivity contribution < 1.29 is 26.3 Å². The summed E-state index contributed by atoms with van der Waals surface area (Å²) < 4.78 is 73.1. The van der Waals surface area contributed by atoms with Crippen LogP contribution >= 0.6 is 0 Å². The third kappa shape index (κ3) is 5.35. The summed E-state index contributed by atoms with van der Waals surface area (Å²) in [6.07, 6.45) is -3.44. The number of nitrogens with zero attached hydrogens (tertiary/aromatic N) is 1. The third-order valence-corrected chi connectivity index (χ3v) is 5.86. The number of benzene rings is 2. The highest BCUT2D eigenvalue weighted by atomic mass is 32.2. The minimum Gasteiger partial charge on any atom is -0.437 e. The smallest absolute Gasteiger partial charge is 0.417 e. The number of ether oxygens (including phenoxy) is 1. The van der Waals surface area contributed by atoms with E-state index in [1.54, 1.807) is 12.1 Å². The van der Waals surface area contributed by atoms with Crippen LogP contribution in [0.25, 0.3) is 0 Å². The first-order valence-corrected chi connectivity index (χ1v) is 10.8. The maximum absolute atomic E-state index is 13.3. The summed E-state index contributed by atoms with van der Waals surface area (Å²) in [7, 11) is -4.56. The summed E-state index contributed by atoms with van der Waals surface area (Å²) in [6.45, 7) is 6.19. The van der Waals surface area contributed by atoms with Crippen LogP contribution in [0, 0.1) is 0 Å². The van der Waals surface area contributed by atoms with Crippen molar-refractivity contribution in [2.45, 2.75) is 37.3 Å². The van der Waals surface area contributed by atoms with Gasteiger partial charge in [-0.05, 0) is 47.4 Å². The quantitative estimate of drug-likeness (QED) is 0.518. The molecule has 0 saturated carbocycles. The van der Waals surface area contributed by atoms with Crippen LogP contribution in [0.4, 0.5) is 18.9 Å². The lowest BCUT2D eigenvalue weighted by Gasteiger charge is -2.19. The number of halogens is 3. The molecule has 2 aromatic carbocycles. The van der Waals surface area contributed by atoms with Crippen molar-refractivity contribution in [3.05, 3.63) is 78.0 Å². The Morgan fingerprint density at radius 3 is 2.16 bits per heavy atom. The molecule has 0 amide bonds. The van der Waals surface area contributed by atoms with E-state index in [0.29, 0.717) is 11.8 Å². The lowest BCUT2D eigenvalue weighted by molar-refractivity contribution is -0.139. The molecular weight excluding hydrogens is 429 g/mol. The molecule has 3 rings (SSSR count). The van der Waals surface area contributed by atoms with E-state index < -0.39 is 26.7 Å². The molecule has 9 heteroatoms. The fourth-order valence-electron chi connectivity index (χ4n) is 2.82. The minimum atomic E-state index is -4.82. The predicted octanol–water partition coefficient (Wildman–Crippen LogP) is 5.99. The Bertz CT molecular complexity index is 1170. The molecule has 0 bridgehead atoms. The van der Waals surface area contributed by atoms with E-state index in [4.69, 9.17) is 4.74 Å². The second kappa shape index (κ2) is 8.22. The van der Waals surface area contributed by atoms with Gasteiger partial charge in [-0.15, -0.1) is 0 Å². The normalized spacial score (nSPS) is 12.5. The predicted molar refractivity (Wildman–Crippen MR) is 112 cm³/mol. The van der Waals surface area contributed by atoms with Crippen LogP contribution in [0.2, 0.25) is 0 Å². The number of pyridine rings is 1. The van der Waals surface area contributed by atoms with Gasteiger partial charge in [-0.25, -0.2) is 13.4 Å². The lowest BCUT2D eigenvalue weighted by Crippen LogP contribution is -2.19. The first kappa shape index (κ1) is 22.6. The van der Waals surface area contributed by atoms with Crippen molar-refractivity contribution in [2.75, 3.05) is 4.72 Å². The van der Waals surface area contributed by atoms with Crippen LogP contribution in [-0.4, -0.2) is 13.4 Å². The van der Waals surface area contributed by atoms with Crippen LogP contribution in [-0.2, 0) is 21.6 Å². The van der Waals surface area contributed by atoms with Gasteiger partial charge in [-0.2, -0.15) is 13.2 Å². The summed E-state index contributed by atoms with van der Waals surface area (Å²) in [4.78, 5) is 3.14. The van der Waals surface area contributed by atoms with E-state index in [2.05, 4.69) is 30.5 Å². The Balaban J connectivity index is 1.91. The van der Waals surface area contributed by atoms with Crippen molar-refractivity contribution in [1.29, 1.82) is 0 Å². The van der Waals surface area contributed by atoms with Gasteiger partial charge in [0.15, 0.2) is 0 Å². The Labute approximate surface area is 179 Å². The molecule has 0 aliphatic carbocycles. The number of hydrogen-bond acceptors (Lipinski definition) is 4. The number of aromatic nitrogens is 1. The van der Waals surface area contributed by atoms with Crippen molar-refractivity contribution in [2.24, 2.45) is 0 Å². The summed E-state index contributed by atoms with van der Waals surface area (Å²) in [6, 6.07) is 14.0. The average molecular weight is 450 g/mol. The SMILES string of the molecule is CC(C)(C)c1ccc(Oc2ncccc2NS(=O)(=O)c2ccccc2C(F)(F)F)cc1. The van der Waals surface area contributed by atoms with Crippen molar-refractivity contribution in [3.8, 4) is 11.6 Å². The van der Waals surface area contributed by atoms with Gasteiger partial charge in [-0.3, -0.25) is 4.72 Å². The standard InChI is InChI=1S/C22H21F3N2O3S/c1-21(2,3)15-10-12-16(13-11-15)30-20-18(8-6-14-26-20)27-31(28,29)19-9-5-4-7-17(19)22(23,24)25/h4-14,27H,1-3H3. The van der Waals surface area contributed by atoms with E-state index in [1.807, 2.05) is 12.1 Å². The van der Waals surface area contributed by atoms with Crippen LogP contribution < -0.4 is 9.46 Å². The highest BCUT2D eigenvalue weighted by Crippen LogP contribution is 2.36. The fraction of sp³-hybridized carbons (Fsp3) is 0.227. The van der Waals surface area contributed by atoms with Gasteiger partial charge >= 0.3 is 6.18 Å². The number of nitrogens with one attached hydrogen (secondary N) is 1. The zero-order valence-corrected chi connectivity index (χ0v) is 17.9. The lowest BCUT2D eigenvalue weighted by atomic mass is 9.87. The monoisotopic (exact) mass is 450 g/mol. The van der Waals surface area contributed by atoms with Gasteiger partial charge in [0.05, 0.1) is 10.5 Å². The zero-order valence-electron chi connectivity index (χ0n) is 17.1. The first-order chi connectivity index (χ1) is 14.4. The number of anilines is 1. The molecule has 0 spiro atoms. The van der Waals surface area contributed by atoms with Gasteiger partial charge < -0.3 is 4.74 Å². The molecule has 3 aromatic rings. The average Bonchev–Trinajstić information content (AvgIpc) is 2.68. The highest BCUT2D eigenvalue weighted by Gasteiger charge is 2.37. The second-order valence-electron chi connectivity index (χ2n) is 7.83. The zero-order chi connectivity index (χ0) is 22.9. The minimum absolute atomic E-state index is 0.0593. The Kier molecular flexibility index (Phi) is 6.00. The second-order valence-corrected chi connectivity index (χ2v) is 9.48. The van der Waals surface area contributed by atoms with Crippen molar-refractivity contribution >= 4 is 15.7 Å². The summed E-state index contributed by atoms with van der Waals surface area (Å²) in [5.41, 5.74) is -0.326. The van der Waals surface area contributed by atoms with E-state index in [-0.39, 0.29) is 17.0 Å². The van der Waals surface area contributed by atoms with Gasteiger partial charge in [0.25, 0.3) is 10.0 Å². The van der Waals surface area contributed by atoms with E-state index in [9.17, 15) is 21.6 Å². The molecule has 0 fully saturated rings. The maximum Gasteiger partial charge on any atom is 0.417 e. The maximum atomic E-state index is 13.3. The van der Waals surface area contributed by atoms with Gasteiger partial charge in [0.2, 0.25) is 5.88 Å². The largest absolute Gasteiger partial charge is 0.437 e. The molecule has 1 aromatic heterocycles. The molecule has 164 valence electrons. The number of hydrogen-bond donors (Lipinski definition) is 1. The topological polar surface area (TPSA) is 68.3 Å². The Hall–Kier alpha value is -3.07. The Morgan fingerprint density at radius 2 is 1.55 bits per heavy atom. The fourth-order valence-corrected chi connectivity index (χ4v) is 4.11. The van der Waals surface area contributed by atoms with Gasteiger partial charge in [0, 0.05) is 6.20 Å². The van der Waals surface area contributed by atoms with Crippen molar-refractivity contribution in [1.82, 2.24) is 4.98 Å². The first-order valence-electron chi connectivity index (χ1n) is 9.30. The van der Waals surface area contributed by atoms with Crippen LogP contribution in [0.5, 0.6) is 11.6 Å². The molecule has 0 aliphatic rings. The van der Waals surface area contributed by atoms with E-state index in [0.717, 1.165) is 17.7 Å². The van der Waals surface area contributed by atoms with Gasteiger partial charge in [-0.1, -0.05) is 45.0 Å². The molecule has 0 aliphatic heterocycles. The van der Waals surface area contributed by atoms with Crippen LogP contribution in [0.1, 0.15) is 31.9 Å². The molecular formula is C22H21F3N2O3S. The molecule has 0 unspecified atom stereocenters. The van der Waals surface area contributed by atoms with Gasteiger partial charge in [0.1, 0.15) is 11.4 Å². The van der Waals surface area contributed by atoms with E-state index >= 15 is 0 Å². The number of alkyl halides is 3. The van der Waals surface area contributed by atoms with Crippen LogP contribution in [0.3, 0.4) is 0 Å². The Morgan fingerprint density at radius 1 is 0.903 bits per heavy atom.